The van der Waals surface area contributed by atoms with Crippen LogP contribution in [-0.2, 0) is 0 Å². The minimum Gasteiger partial charge on any atom is -0.449 e. The van der Waals surface area contributed by atoms with Crippen LogP contribution in [0.3, 0.4) is 0 Å². The molecule has 1 aromatic heterocycles. The second kappa shape index (κ2) is 2.87. The number of hydrogen-bond acceptors (Lipinski definition) is 4. The van der Waals surface area contributed by atoms with Crippen LogP contribution in [0, 0.1) is 6.92 Å². The maximum atomic E-state index is 5.12. The first-order valence-corrected chi connectivity index (χ1v) is 4.75. The normalized spacial score (nSPS) is 24.3. The second-order valence-corrected chi connectivity index (χ2v) is 3.59. The summed E-state index contributed by atoms with van der Waals surface area (Å²) in [6.45, 7) is 1.87. The zero-order chi connectivity index (χ0) is 7.68. The average Bonchev–Trinajstić information content (AvgIpc) is 2.55. The van der Waals surface area contributed by atoms with Crippen LogP contribution in [-0.4, -0.2) is 16.6 Å². The maximum absolute atomic E-state index is 5.12. The van der Waals surface area contributed by atoms with Crippen LogP contribution in [0.1, 0.15) is 17.6 Å². The van der Waals surface area contributed by atoms with E-state index >= 15 is 0 Å². The molecular weight excluding hydrogens is 160 g/mol. The Morgan fingerprint density at radius 3 is 3.27 bits per heavy atom. The smallest absolute Gasteiger partial charge is 0.191 e. The lowest BCUT2D eigenvalue weighted by Crippen LogP contribution is -2.14. The van der Waals surface area contributed by atoms with Crippen molar-refractivity contribution in [3.63, 3.8) is 0 Å². The van der Waals surface area contributed by atoms with E-state index in [2.05, 4.69) is 10.3 Å². The molecule has 0 aliphatic carbocycles. The molecule has 1 atom stereocenters. The van der Waals surface area contributed by atoms with Crippen molar-refractivity contribution in [3.8, 4) is 0 Å². The van der Waals surface area contributed by atoms with Gasteiger partial charge in [0.1, 0.15) is 6.26 Å². The average molecular weight is 170 g/mol. The molecule has 0 bridgehead atoms. The monoisotopic (exact) mass is 170 g/mol. The number of thioether (sulfide) groups is 1. The van der Waals surface area contributed by atoms with Gasteiger partial charge in [0, 0.05) is 18.6 Å². The summed E-state index contributed by atoms with van der Waals surface area (Å²) in [5, 5.41) is 3.33. The fourth-order valence-corrected chi connectivity index (χ4v) is 2.09. The number of aromatic nitrogens is 1. The summed E-state index contributed by atoms with van der Waals surface area (Å²) < 4.78 is 5.12. The van der Waals surface area contributed by atoms with Crippen LogP contribution in [0.4, 0.5) is 0 Å². The van der Waals surface area contributed by atoms with Gasteiger partial charge < -0.3 is 4.42 Å². The molecular formula is C7H10N2OS. The van der Waals surface area contributed by atoms with Gasteiger partial charge in [-0.25, -0.2) is 4.98 Å². The van der Waals surface area contributed by atoms with Gasteiger partial charge in [0.05, 0.1) is 11.7 Å². The number of nitrogens with one attached hydrogen (secondary N) is 1. The van der Waals surface area contributed by atoms with Gasteiger partial charge in [0.2, 0.25) is 0 Å². The molecule has 0 unspecified atom stereocenters. The fraction of sp³-hybridized carbons (Fsp3) is 0.571. The predicted molar refractivity (Wildman–Crippen MR) is 44.4 cm³/mol. The van der Waals surface area contributed by atoms with Crippen molar-refractivity contribution in [1.82, 2.24) is 10.3 Å². The first kappa shape index (κ1) is 7.18. The van der Waals surface area contributed by atoms with Crippen LogP contribution in [0.15, 0.2) is 10.7 Å². The van der Waals surface area contributed by atoms with E-state index < -0.39 is 0 Å². The van der Waals surface area contributed by atoms with E-state index in [9.17, 15) is 0 Å². The lowest BCUT2D eigenvalue weighted by Gasteiger charge is -2.01. The van der Waals surface area contributed by atoms with E-state index in [1.54, 1.807) is 6.26 Å². The summed E-state index contributed by atoms with van der Waals surface area (Å²) in [6.07, 6.45) is 1.74. The SMILES string of the molecule is Cc1nc([C@H]2CSCN2)co1. The van der Waals surface area contributed by atoms with Crippen LogP contribution in [0.2, 0.25) is 0 Å². The van der Waals surface area contributed by atoms with Gasteiger partial charge in [0.15, 0.2) is 5.89 Å². The van der Waals surface area contributed by atoms with Gasteiger partial charge in [0.25, 0.3) is 0 Å². The number of nitrogens with zero attached hydrogens (tertiary/aromatic N) is 1. The third-order valence-corrected chi connectivity index (χ3v) is 2.65. The number of oxazole rings is 1. The van der Waals surface area contributed by atoms with Gasteiger partial charge in [-0.2, -0.15) is 0 Å². The molecule has 0 aromatic carbocycles. The Bertz CT molecular complexity index is 242. The number of hydrogen-bond donors (Lipinski definition) is 1. The van der Waals surface area contributed by atoms with Gasteiger partial charge in [-0.1, -0.05) is 0 Å². The first-order valence-electron chi connectivity index (χ1n) is 3.59. The fourth-order valence-electron chi connectivity index (χ4n) is 1.13. The molecule has 1 aromatic rings. The minimum atomic E-state index is 0.400. The van der Waals surface area contributed by atoms with E-state index in [1.165, 1.54) is 0 Å². The standard InChI is InChI=1S/C7H10N2OS/c1-5-9-6(2-10-5)7-3-11-4-8-7/h2,7-8H,3-4H2,1H3/t7-/m1/s1. The Kier molecular flexibility index (Phi) is 1.87. The largest absolute Gasteiger partial charge is 0.449 e. The Morgan fingerprint density at radius 2 is 2.73 bits per heavy atom. The Labute approximate surface area is 69.6 Å². The molecule has 0 spiro atoms. The summed E-state index contributed by atoms with van der Waals surface area (Å²) in [6, 6.07) is 0.400. The highest BCUT2D eigenvalue weighted by Gasteiger charge is 2.19. The molecule has 1 saturated heterocycles. The summed E-state index contributed by atoms with van der Waals surface area (Å²) in [5.41, 5.74) is 1.03. The first-order chi connectivity index (χ1) is 5.36. The third kappa shape index (κ3) is 1.41. The van der Waals surface area contributed by atoms with Crippen molar-refractivity contribution in [2.75, 3.05) is 11.6 Å². The molecule has 3 nitrogen and oxygen atoms in total. The van der Waals surface area contributed by atoms with E-state index in [0.717, 1.165) is 23.2 Å². The number of rotatable bonds is 1. The molecule has 60 valence electrons. The lowest BCUT2D eigenvalue weighted by molar-refractivity contribution is 0.519. The number of aryl methyl sites for hydroxylation is 1. The van der Waals surface area contributed by atoms with Crippen molar-refractivity contribution in [3.05, 3.63) is 17.8 Å². The Balaban J connectivity index is 2.15. The van der Waals surface area contributed by atoms with Gasteiger partial charge in [-0.15, -0.1) is 11.8 Å². The van der Waals surface area contributed by atoms with Crippen molar-refractivity contribution in [1.29, 1.82) is 0 Å². The van der Waals surface area contributed by atoms with Gasteiger partial charge in [-0.05, 0) is 0 Å². The molecule has 0 saturated carbocycles. The highest BCUT2D eigenvalue weighted by atomic mass is 32.2. The Morgan fingerprint density at radius 1 is 1.82 bits per heavy atom. The zero-order valence-electron chi connectivity index (χ0n) is 6.33. The predicted octanol–water partition coefficient (Wildman–Crippen LogP) is 1.32. The molecule has 4 heteroatoms. The molecule has 0 amide bonds. The van der Waals surface area contributed by atoms with E-state index in [1.807, 2.05) is 18.7 Å². The molecule has 1 aliphatic rings. The topological polar surface area (TPSA) is 38.1 Å². The summed E-state index contributed by atoms with van der Waals surface area (Å²) in [7, 11) is 0. The van der Waals surface area contributed by atoms with Crippen molar-refractivity contribution in [2.24, 2.45) is 0 Å². The second-order valence-electron chi connectivity index (χ2n) is 2.56. The maximum Gasteiger partial charge on any atom is 0.191 e. The van der Waals surface area contributed by atoms with Crippen molar-refractivity contribution >= 4 is 11.8 Å². The quantitative estimate of drug-likeness (QED) is 0.689. The highest BCUT2D eigenvalue weighted by Crippen LogP contribution is 2.22. The van der Waals surface area contributed by atoms with E-state index in [0.29, 0.717) is 6.04 Å². The van der Waals surface area contributed by atoms with Gasteiger partial charge in [-0.3, -0.25) is 5.32 Å². The third-order valence-electron chi connectivity index (χ3n) is 1.71. The molecule has 2 rings (SSSR count). The minimum absolute atomic E-state index is 0.400. The van der Waals surface area contributed by atoms with Crippen molar-refractivity contribution < 1.29 is 4.42 Å². The van der Waals surface area contributed by atoms with E-state index in [4.69, 9.17) is 4.42 Å². The summed E-state index contributed by atoms with van der Waals surface area (Å²) in [4.78, 5) is 4.25. The van der Waals surface area contributed by atoms with E-state index in [-0.39, 0.29) is 0 Å². The summed E-state index contributed by atoms with van der Waals surface area (Å²) in [5.74, 6) is 2.88. The molecule has 1 N–H and O–H groups in total. The molecule has 0 radical (unpaired) electrons. The highest BCUT2D eigenvalue weighted by molar-refractivity contribution is 7.99. The Hall–Kier alpha value is -0.480. The van der Waals surface area contributed by atoms with Gasteiger partial charge >= 0.3 is 0 Å². The molecule has 11 heavy (non-hydrogen) atoms. The molecule has 1 aliphatic heterocycles. The summed E-state index contributed by atoms with van der Waals surface area (Å²) >= 11 is 1.89. The van der Waals surface area contributed by atoms with Crippen LogP contribution in [0.25, 0.3) is 0 Å². The van der Waals surface area contributed by atoms with Crippen molar-refractivity contribution in [2.45, 2.75) is 13.0 Å². The molecule has 1 fully saturated rings. The zero-order valence-corrected chi connectivity index (χ0v) is 7.15. The van der Waals surface area contributed by atoms with Crippen LogP contribution >= 0.6 is 11.8 Å². The van der Waals surface area contributed by atoms with Crippen LogP contribution < -0.4 is 5.32 Å². The molecule has 2 heterocycles. The lowest BCUT2D eigenvalue weighted by atomic mass is 10.3. The van der Waals surface area contributed by atoms with Crippen LogP contribution in [0.5, 0.6) is 0 Å².